The molecule has 0 saturated heterocycles. The summed E-state index contributed by atoms with van der Waals surface area (Å²) in [5.41, 5.74) is 2.11. The fourth-order valence-electron chi connectivity index (χ4n) is 5.58. The summed E-state index contributed by atoms with van der Waals surface area (Å²) in [4.78, 5) is 12.7. The van der Waals surface area contributed by atoms with Crippen molar-refractivity contribution in [3.8, 4) is 0 Å². The van der Waals surface area contributed by atoms with Crippen molar-refractivity contribution in [3.05, 3.63) is 10.8 Å². The summed E-state index contributed by atoms with van der Waals surface area (Å²) in [6.45, 7) is 14.5. The Kier molecular flexibility index (Phi) is 2.46. The van der Waals surface area contributed by atoms with Gasteiger partial charge in [-0.15, -0.1) is 0 Å². The van der Waals surface area contributed by atoms with Gasteiger partial charge < -0.3 is 0 Å². The van der Waals surface area contributed by atoms with Crippen LogP contribution in [0, 0.1) is 16.2 Å². The van der Waals surface area contributed by atoms with Gasteiger partial charge in [0.05, 0.1) is 8.07 Å². The van der Waals surface area contributed by atoms with Gasteiger partial charge in [0.25, 0.3) is 0 Å². The fourth-order valence-corrected chi connectivity index (χ4v) is 7.48. The van der Waals surface area contributed by atoms with Crippen molar-refractivity contribution in [2.45, 2.75) is 72.5 Å². The number of carbonyl (C=O) groups excluding carboxylic acids is 1. The van der Waals surface area contributed by atoms with Gasteiger partial charge >= 0.3 is 0 Å². The lowest BCUT2D eigenvalue weighted by Crippen LogP contribution is -2.57. The van der Waals surface area contributed by atoms with Gasteiger partial charge in [0.2, 0.25) is 0 Å². The van der Waals surface area contributed by atoms with E-state index in [0.717, 1.165) is 6.42 Å². The lowest BCUT2D eigenvalue weighted by atomic mass is 9.42. The largest absolute Gasteiger partial charge is 0.295 e. The van der Waals surface area contributed by atoms with Crippen LogP contribution < -0.4 is 0 Å². The van der Waals surface area contributed by atoms with Gasteiger partial charge in [-0.25, -0.2) is 0 Å². The number of carbonyl (C=O) groups is 1. The predicted octanol–water partition coefficient (Wildman–Crippen LogP) is 4.74. The van der Waals surface area contributed by atoms with Crippen LogP contribution in [0.4, 0.5) is 0 Å². The third-order valence-electron chi connectivity index (χ3n) is 6.62. The van der Waals surface area contributed by atoms with Crippen LogP contribution in [0.3, 0.4) is 0 Å². The number of Topliss-reactive ketones (excluding diaryl/α,β-unsaturated/α-hetero) is 1. The zero-order valence-electron chi connectivity index (χ0n) is 13.4. The van der Waals surface area contributed by atoms with E-state index in [9.17, 15) is 4.79 Å². The van der Waals surface area contributed by atoms with Gasteiger partial charge in [-0.2, -0.15) is 0 Å². The maximum Gasteiger partial charge on any atom is 0.159 e. The Bertz CT molecular complexity index is 494. The Hall–Kier alpha value is -0.373. The molecule has 19 heavy (non-hydrogen) atoms. The van der Waals surface area contributed by atoms with Crippen molar-refractivity contribution in [3.63, 3.8) is 0 Å². The molecule has 0 heterocycles. The summed E-state index contributed by atoms with van der Waals surface area (Å²) in [6.07, 6.45) is 5.89. The molecule has 2 atom stereocenters. The third-order valence-corrected chi connectivity index (χ3v) is 8.86. The number of rotatable bonds is 1. The summed E-state index contributed by atoms with van der Waals surface area (Å²) < 4.78 is 0. The first-order valence-corrected chi connectivity index (χ1v) is 11.3. The summed E-state index contributed by atoms with van der Waals surface area (Å²) in [5, 5.41) is 1.59. The molecule has 0 aromatic carbocycles. The number of allylic oxidation sites excluding steroid dienone is 2. The first kappa shape index (κ1) is 13.6. The summed E-state index contributed by atoms with van der Waals surface area (Å²) in [5.74, 6) is 0.501. The highest BCUT2D eigenvalue weighted by Crippen LogP contribution is 2.76. The van der Waals surface area contributed by atoms with E-state index in [1.807, 2.05) is 0 Å². The van der Waals surface area contributed by atoms with Crippen molar-refractivity contribution in [2.75, 3.05) is 0 Å². The summed E-state index contributed by atoms with van der Waals surface area (Å²) >= 11 is 0. The van der Waals surface area contributed by atoms with Crippen LogP contribution in [0.15, 0.2) is 10.8 Å². The number of hydrogen-bond acceptors (Lipinski definition) is 1. The van der Waals surface area contributed by atoms with Gasteiger partial charge in [0.15, 0.2) is 5.78 Å². The molecule has 0 radical (unpaired) electrons. The number of hydrogen-bond donors (Lipinski definition) is 0. The molecule has 2 fully saturated rings. The van der Waals surface area contributed by atoms with E-state index in [0.29, 0.717) is 11.2 Å². The Morgan fingerprint density at radius 3 is 2.21 bits per heavy atom. The highest BCUT2D eigenvalue weighted by Gasteiger charge is 2.71. The van der Waals surface area contributed by atoms with Crippen molar-refractivity contribution in [1.82, 2.24) is 0 Å². The zero-order valence-corrected chi connectivity index (χ0v) is 14.4. The second-order valence-corrected chi connectivity index (χ2v) is 14.2. The fraction of sp³-hybridized carbons (Fsp3) is 0.824. The Morgan fingerprint density at radius 2 is 1.63 bits per heavy atom. The zero-order chi connectivity index (χ0) is 14.3. The lowest BCUT2D eigenvalue weighted by molar-refractivity contribution is -0.115. The minimum Gasteiger partial charge on any atom is -0.295 e. The minimum atomic E-state index is -1.32. The summed E-state index contributed by atoms with van der Waals surface area (Å²) in [7, 11) is -1.32. The molecule has 106 valence electrons. The molecule has 1 spiro atoms. The van der Waals surface area contributed by atoms with Crippen molar-refractivity contribution in [1.29, 1.82) is 0 Å². The topological polar surface area (TPSA) is 17.1 Å². The molecule has 1 nitrogen and oxygen atoms in total. The van der Waals surface area contributed by atoms with E-state index in [4.69, 9.17) is 0 Å². The van der Waals surface area contributed by atoms with Gasteiger partial charge in [0, 0.05) is 11.8 Å². The van der Waals surface area contributed by atoms with Crippen LogP contribution in [-0.4, -0.2) is 13.9 Å². The molecular weight excluding hydrogens is 248 g/mol. The maximum atomic E-state index is 12.7. The van der Waals surface area contributed by atoms with E-state index in [1.165, 1.54) is 31.3 Å². The van der Waals surface area contributed by atoms with Crippen LogP contribution in [0.1, 0.15) is 52.9 Å². The molecule has 0 N–H and O–H groups in total. The second-order valence-electron chi connectivity index (χ2n) is 9.08. The van der Waals surface area contributed by atoms with Crippen LogP contribution in [0.2, 0.25) is 19.6 Å². The highest BCUT2D eigenvalue weighted by molar-refractivity contribution is 6.84. The average Bonchev–Trinajstić information content (AvgIpc) is 2.25. The quantitative estimate of drug-likeness (QED) is 0.632. The first-order chi connectivity index (χ1) is 8.55. The molecule has 0 aromatic heterocycles. The van der Waals surface area contributed by atoms with Crippen molar-refractivity contribution >= 4 is 13.9 Å². The van der Waals surface area contributed by atoms with Gasteiger partial charge in [-0.05, 0) is 35.7 Å². The van der Waals surface area contributed by atoms with Crippen molar-refractivity contribution in [2.24, 2.45) is 16.2 Å². The summed E-state index contributed by atoms with van der Waals surface area (Å²) in [6, 6.07) is 0. The smallest absolute Gasteiger partial charge is 0.159 e. The molecule has 0 bridgehead atoms. The normalized spacial score (nSPS) is 40.8. The highest BCUT2D eigenvalue weighted by atomic mass is 28.3. The standard InChI is InChI=1S/C17H28OSi/c1-15(2)8-7-9-16(3)10-12(18)14-13(19(4,5)6)11-17(14,15)16/h7-11H2,1-6H3/t16-,17-/m1/s1. The van der Waals surface area contributed by atoms with Gasteiger partial charge in [-0.3, -0.25) is 4.79 Å². The molecule has 3 aliphatic rings. The second kappa shape index (κ2) is 3.44. The Labute approximate surface area is 118 Å². The maximum absolute atomic E-state index is 12.7. The SMILES string of the molecule is CC1(C)CCC[C@]2(C)CC(=O)C3=C([Si](C)(C)C)C[C@@]312. The predicted molar refractivity (Wildman–Crippen MR) is 82.8 cm³/mol. The van der Waals surface area contributed by atoms with Crippen molar-refractivity contribution < 1.29 is 4.79 Å². The van der Waals surface area contributed by atoms with Crippen LogP contribution >= 0.6 is 0 Å². The van der Waals surface area contributed by atoms with Gasteiger partial charge in [-0.1, -0.05) is 52.0 Å². The molecule has 2 heteroatoms. The molecule has 3 aliphatic carbocycles. The third kappa shape index (κ3) is 1.39. The molecule has 0 unspecified atom stereocenters. The van der Waals surface area contributed by atoms with E-state index in [1.54, 1.807) is 5.20 Å². The lowest BCUT2D eigenvalue weighted by Gasteiger charge is -2.64. The minimum absolute atomic E-state index is 0.227. The molecule has 0 aromatic rings. The van der Waals surface area contributed by atoms with Crippen LogP contribution in [0.25, 0.3) is 0 Å². The van der Waals surface area contributed by atoms with E-state index in [-0.39, 0.29) is 10.8 Å². The Morgan fingerprint density at radius 1 is 1.00 bits per heavy atom. The average molecular weight is 276 g/mol. The molecule has 2 saturated carbocycles. The molecule has 3 rings (SSSR count). The number of ketones is 1. The van der Waals surface area contributed by atoms with Gasteiger partial charge in [0.1, 0.15) is 0 Å². The molecule has 0 aliphatic heterocycles. The first-order valence-electron chi connectivity index (χ1n) is 7.83. The van der Waals surface area contributed by atoms with E-state index in [2.05, 4.69) is 40.4 Å². The van der Waals surface area contributed by atoms with E-state index >= 15 is 0 Å². The monoisotopic (exact) mass is 276 g/mol. The van der Waals surface area contributed by atoms with E-state index < -0.39 is 8.07 Å². The van der Waals surface area contributed by atoms with Crippen LogP contribution in [0.5, 0.6) is 0 Å². The Balaban J connectivity index is 2.21. The molecular formula is C17H28OSi. The molecule has 0 amide bonds. The van der Waals surface area contributed by atoms with Crippen LogP contribution in [-0.2, 0) is 4.79 Å².